The molecule has 0 saturated carbocycles. The van der Waals surface area contributed by atoms with Crippen molar-refractivity contribution in [1.29, 1.82) is 0 Å². The largest absolute Gasteiger partial charge is 0.302 e. The minimum absolute atomic E-state index is 0.163. The van der Waals surface area contributed by atoms with Gasteiger partial charge in [0.2, 0.25) is 5.91 Å². The lowest BCUT2D eigenvalue weighted by Gasteiger charge is -2.13. The normalized spacial score (nSPS) is 15.9. The van der Waals surface area contributed by atoms with Crippen molar-refractivity contribution in [3.8, 4) is 0 Å². The van der Waals surface area contributed by atoms with Gasteiger partial charge in [0.1, 0.15) is 4.32 Å². The number of hydrogen-bond acceptors (Lipinski definition) is 6. The molecule has 3 rings (SSSR count). The van der Waals surface area contributed by atoms with Crippen molar-refractivity contribution in [2.24, 2.45) is 0 Å². The van der Waals surface area contributed by atoms with Crippen LogP contribution in [0.3, 0.4) is 0 Å². The summed E-state index contributed by atoms with van der Waals surface area (Å²) in [5.41, 5.74) is 0.913. The number of carbonyl (C=O) groups excluding carboxylic acids is 2. The molecule has 2 amide bonds. The molecular formula is C16H12BrN3O2S3. The van der Waals surface area contributed by atoms with Crippen LogP contribution in [-0.4, -0.2) is 32.6 Å². The highest BCUT2D eigenvalue weighted by molar-refractivity contribution is 9.10. The Morgan fingerprint density at radius 2 is 2.28 bits per heavy atom. The number of thioether (sulfide) groups is 1. The molecule has 2 aromatic rings. The Bertz CT molecular complexity index is 852. The molecule has 1 aliphatic heterocycles. The van der Waals surface area contributed by atoms with E-state index >= 15 is 0 Å². The Hall–Kier alpha value is -1.55. The number of anilines is 1. The molecule has 0 unspecified atom stereocenters. The fourth-order valence-corrected chi connectivity index (χ4v) is 4.39. The van der Waals surface area contributed by atoms with E-state index < -0.39 is 0 Å². The zero-order chi connectivity index (χ0) is 17.8. The first-order valence-electron chi connectivity index (χ1n) is 7.23. The van der Waals surface area contributed by atoms with Crippen LogP contribution in [0.1, 0.15) is 12.0 Å². The van der Waals surface area contributed by atoms with E-state index in [0.717, 1.165) is 10.0 Å². The quantitative estimate of drug-likeness (QED) is 0.544. The van der Waals surface area contributed by atoms with E-state index in [2.05, 4.69) is 26.2 Å². The average molecular weight is 454 g/mol. The van der Waals surface area contributed by atoms with Crippen LogP contribution >= 0.6 is 51.2 Å². The lowest BCUT2D eigenvalue weighted by Crippen LogP contribution is -2.31. The van der Waals surface area contributed by atoms with Crippen LogP contribution in [0.15, 0.2) is 45.2 Å². The van der Waals surface area contributed by atoms with Crippen LogP contribution < -0.4 is 5.32 Å². The number of nitrogens with zero attached hydrogens (tertiary/aromatic N) is 2. The van der Waals surface area contributed by atoms with Gasteiger partial charge < -0.3 is 5.32 Å². The lowest BCUT2D eigenvalue weighted by atomic mass is 10.2. The smallest absolute Gasteiger partial charge is 0.266 e. The van der Waals surface area contributed by atoms with Crippen LogP contribution in [0.25, 0.3) is 6.08 Å². The van der Waals surface area contributed by atoms with Gasteiger partial charge in [0.05, 0.1) is 4.91 Å². The van der Waals surface area contributed by atoms with Crippen molar-refractivity contribution >= 4 is 78.6 Å². The Morgan fingerprint density at radius 3 is 3.00 bits per heavy atom. The van der Waals surface area contributed by atoms with Crippen LogP contribution in [0.5, 0.6) is 0 Å². The van der Waals surface area contributed by atoms with Crippen LogP contribution in [-0.2, 0) is 9.59 Å². The van der Waals surface area contributed by atoms with Gasteiger partial charge in [-0.05, 0) is 23.8 Å². The Balaban J connectivity index is 1.62. The Kier molecular flexibility index (Phi) is 6.00. The van der Waals surface area contributed by atoms with Gasteiger partial charge in [-0.25, -0.2) is 4.98 Å². The molecule has 25 heavy (non-hydrogen) atoms. The van der Waals surface area contributed by atoms with Crippen LogP contribution in [0.2, 0.25) is 0 Å². The van der Waals surface area contributed by atoms with E-state index in [1.165, 1.54) is 28.0 Å². The first-order valence-corrected chi connectivity index (χ1v) is 10.1. The molecule has 1 aromatic carbocycles. The van der Waals surface area contributed by atoms with Crippen molar-refractivity contribution < 1.29 is 9.59 Å². The minimum Gasteiger partial charge on any atom is -0.302 e. The highest BCUT2D eigenvalue weighted by atomic mass is 79.9. The first kappa shape index (κ1) is 18.2. The highest BCUT2D eigenvalue weighted by Crippen LogP contribution is 2.33. The molecule has 1 N–H and O–H groups in total. The predicted octanol–water partition coefficient (Wildman–Crippen LogP) is 4.14. The van der Waals surface area contributed by atoms with Crippen molar-refractivity contribution in [3.63, 3.8) is 0 Å². The number of aromatic nitrogens is 1. The molecule has 128 valence electrons. The summed E-state index contributed by atoms with van der Waals surface area (Å²) in [5.74, 6) is -0.364. The third-order valence-corrected chi connectivity index (χ3v) is 5.82. The standard InChI is InChI=1S/C16H12BrN3O2S3/c17-11-3-1-2-10(8-11)9-12-14(22)20(16(23)25-12)6-4-13(21)19-15-18-5-7-24-15/h1-3,5,7-9H,4,6H2,(H,18,19,21). The third kappa shape index (κ3) is 4.75. The number of thiazole rings is 1. The maximum Gasteiger partial charge on any atom is 0.266 e. The number of hydrogen-bond donors (Lipinski definition) is 1. The molecule has 9 heteroatoms. The second-order valence-corrected chi connectivity index (χ2v) is 8.51. The second kappa shape index (κ2) is 8.22. The fourth-order valence-electron chi connectivity index (χ4n) is 2.12. The number of thiocarbonyl (C=S) groups is 1. The molecule has 5 nitrogen and oxygen atoms in total. The van der Waals surface area contributed by atoms with E-state index in [1.807, 2.05) is 24.3 Å². The maximum absolute atomic E-state index is 12.5. The number of halogens is 1. The van der Waals surface area contributed by atoms with Crippen molar-refractivity contribution in [3.05, 3.63) is 50.8 Å². The molecule has 1 saturated heterocycles. The Morgan fingerprint density at radius 1 is 1.44 bits per heavy atom. The third-order valence-electron chi connectivity index (χ3n) is 3.26. The van der Waals surface area contributed by atoms with Gasteiger partial charge in [-0.15, -0.1) is 11.3 Å². The lowest BCUT2D eigenvalue weighted by molar-refractivity contribution is -0.122. The van der Waals surface area contributed by atoms with Gasteiger partial charge in [0.15, 0.2) is 5.13 Å². The summed E-state index contributed by atoms with van der Waals surface area (Å²) in [6.45, 7) is 0.248. The van der Waals surface area contributed by atoms with E-state index in [4.69, 9.17) is 12.2 Å². The van der Waals surface area contributed by atoms with Crippen molar-refractivity contribution in [1.82, 2.24) is 9.88 Å². The van der Waals surface area contributed by atoms with Gasteiger partial charge in [0.25, 0.3) is 5.91 Å². The van der Waals surface area contributed by atoms with Gasteiger partial charge in [-0.3, -0.25) is 14.5 Å². The molecule has 2 heterocycles. The molecule has 0 aliphatic carbocycles. The first-order chi connectivity index (χ1) is 12.0. The van der Waals surface area contributed by atoms with E-state index in [9.17, 15) is 9.59 Å². The van der Waals surface area contributed by atoms with Gasteiger partial charge in [0, 0.05) is 29.0 Å². The Labute approximate surface area is 166 Å². The molecule has 1 aliphatic rings. The monoisotopic (exact) mass is 453 g/mol. The maximum atomic E-state index is 12.5. The minimum atomic E-state index is -0.194. The summed E-state index contributed by atoms with van der Waals surface area (Å²) in [5, 5.41) is 5.02. The average Bonchev–Trinajstić information content (AvgIpc) is 3.15. The van der Waals surface area contributed by atoms with Crippen LogP contribution in [0, 0.1) is 0 Å². The topological polar surface area (TPSA) is 62.3 Å². The highest BCUT2D eigenvalue weighted by Gasteiger charge is 2.32. The SMILES string of the molecule is O=C(CCN1C(=O)C(=Cc2cccc(Br)c2)SC1=S)Nc1nccs1. The van der Waals surface area contributed by atoms with E-state index in [0.29, 0.717) is 14.4 Å². The summed E-state index contributed by atoms with van der Waals surface area (Å²) in [4.78, 5) is 30.5. The summed E-state index contributed by atoms with van der Waals surface area (Å²) in [7, 11) is 0. The predicted molar refractivity (Wildman–Crippen MR) is 109 cm³/mol. The van der Waals surface area contributed by atoms with Crippen molar-refractivity contribution in [2.45, 2.75) is 6.42 Å². The van der Waals surface area contributed by atoms with Crippen LogP contribution in [0.4, 0.5) is 5.13 Å². The summed E-state index contributed by atoms with van der Waals surface area (Å²) >= 11 is 11.3. The van der Waals surface area contributed by atoms with Gasteiger partial charge >= 0.3 is 0 Å². The summed E-state index contributed by atoms with van der Waals surface area (Å²) < 4.78 is 1.41. The molecule has 1 aromatic heterocycles. The van der Waals surface area contributed by atoms with Crippen molar-refractivity contribution in [2.75, 3.05) is 11.9 Å². The van der Waals surface area contributed by atoms with E-state index in [1.54, 1.807) is 17.7 Å². The molecule has 1 fully saturated rings. The molecule has 0 spiro atoms. The number of benzene rings is 1. The second-order valence-electron chi connectivity index (χ2n) is 5.02. The number of rotatable bonds is 5. The molecule has 0 atom stereocenters. The number of amides is 2. The molecule has 0 radical (unpaired) electrons. The van der Waals surface area contributed by atoms with Gasteiger partial charge in [-0.2, -0.15) is 0 Å². The fraction of sp³-hybridized carbons (Fsp3) is 0.125. The molecule has 0 bridgehead atoms. The number of nitrogens with one attached hydrogen (secondary N) is 1. The summed E-state index contributed by atoms with van der Waals surface area (Å²) in [6.07, 6.45) is 3.59. The molecular weight excluding hydrogens is 442 g/mol. The zero-order valence-corrected chi connectivity index (χ0v) is 16.8. The number of carbonyl (C=O) groups is 2. The summed E-state index contributed by atoms with van der Waals surface area (Å²) in [6, 6.07) is 7.66. The van der Waals surface area contributed by atoms with Gasteiger partial charge in [-0.1, -0.05) is 52.0 Å². The van der Waals surface area contributed by atoms with E-state index in [-0.39, 0.29) is 24.8 Å². The zero-order valence-electron chi connectivity index (χ0n) is 12.8.